The Hall–Kier alpha value is -7.54. The molecule has 5 atom stereocenters. The molecule has 2 fully saturated rings. The molecule has 0 bridgehead atoms. The normalized spacial score (nSPS) is 19.6. The van der Waals surface area contributed by atoms with Crippen LogP contribution < -0.4 is 54.0 Å². The second-order valence-corrected chi connectivity index (χ2v) is 19.6. The highest BCUT2D eigenvalue weighted by atomic mass is 16.5. The molecule has 30 heteroatoms. The molecule has 2 saturated heterocycles. The van der Waals surface area contributed by atoms with Crippen molar-refractivity contribution in [2.24, 2.45) is 16.5 Å². The highest BCUT2D eigenvalue weighted by Gasteiger charge is 2.33. The lowest BCUT2D eigenvalue weighted by Crippen LogP contribution is -2.58. The van der Waals surface area contributed by atoms with Crippen LogP contribution in [-0.4, -0.2) is 243 Å². The molecule has 0 spiro atoms. The first kappa shape index (κ1) is 67.7. The molecule has 15 N–H and O–H groups in total. The van der Waals surface area contributed by atoms with Crippen LogP contribution in [0.25, 0.3) is 0 Å². The summed E-state index contributed by atoms with van der Waals surface area (Å²) in [7, 11) is 0. The number of amides is 8. The smallest absolute Gasteiger partial charge is 0.317 e. The summed E-state index contributed by atoms with van der Waals surface area (Å²) in [6, 6.07) is 2.80. The number of carboxylic acids is 3. The van der Waals surface area contributed by atoms with Gasteiger partial charge in [-0.15, -0.1) is 0 Å². The van der Waals surface area contributed by atoms with Gasteiger partial charge in [-0.2, -0.15) is 0 Å². The Morgan fingerprint density at radius 2 is 1.15 bits per heavy atom. The summed E-state index contributed by atoms with van der Waals surface area (Å²) in [4.78, 5) is 149. The maximum atomic E-state index is 14.0. The molecule has 1 aromatic rings. The number of hydrogen-bond donors (Lipinski definition) is 13. The third kappa shape index (κ3) is 30.6. The van der Waals surface area contributed by atoms with Gasteiger partial charge in [0.2, 0.25) is 47.3 Å². The number of hydrogen-bond acceptors (Lipinski definition) is 17. The van der Waals surface area contributed by atoms with E-state index < -0.39 is 84.6 Å². The van der Waals surface area contributed by atoms with Crippen LogP contribution in [0.5, 0.6) is 0 Å². The van der Waals surface area contributed by atoms with Crippen LogP contribution in [0.4, 0.5) is 0 Å². The summed E-state index contributed by atoms with van der Waals surface area (Å²) in [5, 5.41) is 49.1. The van der Waals surface area contributed by atoms with E-state index in [4.69, 9.17) is 20.9 Å². The molecule has 0 aromatic heterocycles. The summed E-state index contributed by atoms with van der Waals surface area (Å²) in [6.07, 6.45) is 0.542. The SMILES string of the molecule is CC(CCC(=O)NCCOCCOCCC(=O)NCCCC[C@@H]1NC(=O)[C@@H](Cc2ccccc2)NC(=O)[C@H](CC(=O)O)NC(=O)CNC(=O)[C@H](CCCN=C(N)N)NC1=O)NC(=O)CN1CCN(CC(=O)O)CCN(CC(=O)O)CC1. The predicted octanol–water partition coefficient (Wildman–Crippen LogP) is -4.97. The van der Waals surface area contributed by atoms with Crippen LogP contribution in [0.3, 0.4) is 0 Å². The topological polar surface area (TPSA) is 437 Å². The molecule has 0 aliphatic carbocycles. The van der Waals surface area contributed by atoms with Crippen LogP contribution in [-0.2, 0) is 68.6 Å². The van der Waals surface area contributed by atoms with E-state index in [0.29, 0.717) is 64.1 Å². The van der Waals surface area contributed by atoms with Crippen molar-refractivity contribution >= 4 is 71.1 Å². The zero-order valence-corrected chi connectivity index (χ0v) is 46.0. The highest BCUT2D eigenvalue weighted by molar-refractivity contribution is 5.98. The fourth-order valence-corrected chi connectivity index (χ4v) is 8.45. The van der Waals surface area contributed by atoms with Gasteiger partial charge in [0, 0.05) is 84.2 Å². The van der Waals surface area contributed by atoms with Gasteiger partial charge in [0.05, 0.1) is 59.0 Å². The zero-order valence-electron chi connectivity index (χ0n) is 46.0. The van der Waals surface area contributed by atoms with Crippen LogP contribution in [0.15, 0.2) is 35.3 Å². The molecule has 452 valence electrons. The molecule has 30 nitrogen and oxygen atoms in total. The number of aliphatic carboxylic acids is 3. The predicted molar refractivity (Wildman–Crippen MR) is 291 cm³/mol. The second kappa shape index (κ2) is 38.2. The monoisotopic (exact) mass is 1150 g/mol. The zero-order chi connectivity index (χ0) is 59.5. The molecule has 0 saturated carbocycles. The number of carboxylic acid groups (broad SMARTS) is 3. The van der Waals surface area contributed by atoms with Gasteiger partial charge in [-0.05, 0) is 51.0 Å². The molecule has 81 heavy (non-hydrogen) atoms. The lowest BCUT2D eigenvalue weighted by atomic mass is 10.0. The molecule has 2 aliphatic rings. The maximum absolute atomic E-state index is 14.0. The number of aliphatic imine (C=N–C) groups is 1. The van der Waals surface area contributed by atoms with Crippen molar-refractivity contribution < 1.29 is 77.5 Å². The van der Waals surface area contributed by atoms with E-state index in [-0.39, 0.29) is 134 Å². The third-order valence-electron chi connectivity index (χ3n) is 12.7. The Bertz CT molecular complexity index is 2230. The average Bonchev–Trinajstić information content (AvgIpc) is 3.48. The Kier molecular flexibility index (Phi) is 31.9. The quantitative estimate of drug-likeness (QED) is 0.0183. The summed E-state index contributed by atoms with van der Waals surface area (Å²) in [6.45, 7) is 4.35. The summed E-state index contributed by atoms with van der Waals surface area (Å²) in [5.74, 6) is -8.64. The van der Waals surface area contributed by atoms with Gasteiger partial charge in [-0.3, -0.25) is 72.4 Å². The van der Waals surface area contributed by atoms with E-state index in [9.17, 15) is 68.1 Å². The maximum Gasteiger partial charge on any atom is 0.317 e. The number of nitrogens with one attached hydrogen (secondary N) is 8. The molecule has 2 heterocycles. The number of carbonyl (C=O) groups excluding carboxylic acids is 8. The standard InChI is InChI=1S/C51H82N14O16/c1-34(58-43(69)31-63-18-20-64(32-45(72)73)22-23-65(21-19-63)33-46(74)75)12-13-40(66)55-17-25-81-27-26-80-24-14-41(67)54-15-6-5-10-37-48(77)60-36(11-7-16-56-51(52)53)47(76)57-30-42(68)59-39(29-44(70)71)50(79)62-38(49(78)61-37)28-35-8-3-2-4-9-35/h2-4,8-9,34,36-39H,5-7,10-33H2,1H3,(H,54,67)(H,55,66)(H,57,76)(H,58,69)(H,59,68)(H,60,77)(H,61,78)(H,62,79)(H,70,71)(H,72,73)(H,74,75)(H4,52,53,56)/t34?,36-,37-,38+,39-/m0/s1. The number of guanidine groups is 1. The van der Waals surface area contributed by atoms with Crippen molar-refractivity contribution in [3.63, 3.8) is 0 Å². The fourth-order valence-electron chi connectivity index (χ4n) is 8.45. The molecular weight excluding hydrogens is 1060 g/mol. The van der Waals surface area contributed by atoms with E-state index in [1.165, 1.54) is 0 Å². The minimum absolute atomic E-state index is 0.00987. The Labute approximate surface area is 469 Å². The number of rotatable bonds is 32. The first-order valence-electron chi connectivity index (χ1n) is 27.1. The van der Waals surface area contributed by atoms with Crippen molar-refractivity contribution in [2.45, 2.75) is 101 Å². The van der Waals surface area contributed by atoms with Crippen molar-refractivity contribution in [3.05, 3.63) is 35.9 Å². The number of unbranched alkanes of at least 4 members (excludes halogenated alkanes) is 1. The number of ether oxygens (including phenoxy) is 2. The van der Waals surface area contributed by atoms with Crippen LogP contribution in [0.2, 0.25) is 0 Å². The fraction of sp³-hybridized carbons (Fsp3) is 0.647. The second-order valence-electron chi connectivity index (χ2n) is 19.6. The van der Waals surface area contributed by atoms with Gasteiger partial charge >= 0.3 is 17.9 Å². The Balaban J connectivity index is 1.41. The molecular formula is C51H82N14O16. The number of nitrogens with two attached hydrogens (primary N) is 2. The molecule has 8 amide bonds. The lowest BCUT2D eigenvalue weighted by molar-refractivity contribution is -0.141. The minimum Gasteiger partial charge on any atom is -0.481 e. The number of nitrogens with zero attached hydrogens (tertiary/aromatic N) is 4. The van der Waals surface area contributed by atoms with Crippen molar-refractivity contribution in [3.8, 4) is 0 Å². The van der Waals surface area contributed by atoms with Gasteiger partial charge in [0.1, 0.15) is 24.2 Å². The van der Waals surface area contributed by atoms with Crippen molar-refractivity contribution in [1.29, 1.82) is 0 Å². The number of benzene rings is 1. The summed E-state index contributed by atoms with van der Waals surface area (Å²) in [5.41, 5.74) is 11.5. The first-order chi connectivity index (χ1) is 38.7. The lowest BCUT2D eigenvalue weighted by Gasteiger charge is -2.26. The Morgan fingerprint density at radius 3 is 1.75 bits per heavy atom. The average molecular weight is 1150 g/mol. The molecule has 2 aliphatic heterocycles. The van der Waals surface area contributed by atoms with E-state index in [1.54, 1.807) is 47.1 Å². The number of carbonyl (C=O) groups is 11. The highest BCUT2D eigenvalue weighted by Crippen LogP contribution is 2.10. The summed E-state index contributed by atoms with van der Waals surface area (Å²) >= 11 is 0. The Morgan fingerprint density at radius 1 is 0.617 bits per heavy atom. The van der Waals surface area contributed by atoms with Gasteiger partial charge in [-0.25, -0.2) is 0 Å². The third-order valence-corrected chi connectivity index (χ3v) is 12.7. The van der Waals surface area contributed by atoms with E-state index in [0.717, 1.165) is 0 Å². The van der Waals surface area contributed by atoms with Crippen LogP contribution >= 0.6 is 0 Å². The molecule has 1 unspecified atom stereocenters. The molecule has 1 aromatic carbocycles. The minimum atomic E-state index is -1.63. The van der Waals surface area contributed by atoms with Gasteiger partial charge in [0.25, 0.3) is 0 Å². The largest absolute Gasteiger partial charge is 0.481 e. The van der Waals surface area contributed by atoms with E-state index in [2.05, 4.69) is 47.5 Å². The van der Waals surface area contributed by atoms with Crippen molar-refractivity contribution in [2.75, 3.05) is 112 Å². The summed E-state index contributed by atoms with van der Waals surface area (Å²) < 4.78 is 11.0. The van der Waals surface area contributed by atoms with E-state index in [1.807, 2.05) is 4.90 Å². The van der Waals surface area contributed by atoms with E-state index >= 15 is 0 Å². The van der Waals surface area contributed by atoms with Gasteiger partial charge in [-0.1, -0.05) is 30.3 Å². The van der Waals surface area contributed by atoms with Crippen LogP contribution in [0, 0.1) is 0 Å². The van der Waals surface area contributed by atoms with Crippen LogP contribution in [0.1, 0.15) is 70.3 Å². The molecule has 0 radical (unpaired) electrons. The van der Waals surface area contributed by atoms with Gasteiger partial charge in [0.15, 0.2) is 5.96 Å². The first-order valence-corrected chi connectivity index (χ1v) is 27.1. The molecule has 3 rings (SSSR count). The van der Waals surface area contributed by atoms with Crippen molar-refractivity contribution in [1.82, 2.24) is 57.2 Å². The van der Waals surface area contributed by atoms with Gasteiger partial charge < -0.3 is 78.8 Å².